The van der Waals surface area contributed by atoms with Gasteiger partial charge in [-0.2, -0.15) is 0 Å². The van der Waals surface area contributed by atoms with Crippen molar-refractivity contribution in [3.05, 3.63) is 17.7 Å². The van der Waals surface area contributed by atoms with Gasteiger partial charge in [-0.3, -0.25) is 0 Å². The van der Waals surface area contributed by atoms with Crippen LogP contribution in [0.1, 0.15) is 12.0 Å². The minimum absolute atomic E-state index is 0.696. The molecule has 0 spiro atoms. The summed E-state index contributed by atoms with van der Waals surface area (Å²) >= 11 is 0. The number of hydrogen-bond acceptors (Lipinski definition) is 5. The van der Waals surface area contributed by atoms with E-state index in [1.54, 1.807) is 21.3 Å². The van der Waals surface area contributed by atoms with Crippen LogP contribution < -0.4 is 19.9 Å². The molecule has 0 aliphatic heterocycles. The van der Waals surface area contributed by atoms with Crippen LogP contribution in [0.15, 0.2) is 12.1 Å². The first-order valence-corrected chi connectivity index (χ1v) is 6.33. The molecule has 1 aromatic rings. The fraction of sp³-hybridized carbons (Fsp3) is 0.571. The molecule has 1 rings (SSSR count). The van der Waals surface area contributed by atoms with Crippen molar-refractivity contribution < 1.29 is 14.2 Å². The predicted molar refractivity (Wildman–Crippen MR) is 76.1 cm³/mol. The highest BCUT2D eigenvalue weighted by atomic mass is 16.5. The number of rotatable bonds is 8. The van der Waals surface area contributed by atoms with Gasteiger partial charge in [-0.25, -0.2) is 0 Å². The molecule has 2 N–H and O–H groups in total. The Morgan fingerprint density at radius 3 is 2.05 bits per heavy atom. The highest BCUT2D eigenvalue weighted by Crippen LogP contribution is 2.34. The largest absolute Gasteiger partial charge is 0.496 e. The lowest BCUT2D eigenvalue weighted by molar-refractivity contribution is 0.302. The van der Waals surface area contributed by atoms with Gasteiger partial charge < -0.3 is 24.8 Å². The lowest BCUT2D eigenvalue weighted by Gasteiger charge is -2.20. The molecule has 0 heterocycles. The van der Waals surface area contributed by atoms with E-state index in [1.165, 1.54) is 0 Å². The Morgan fingerprint density at radius 2 is 1.63 bits per heavy atom. The lowest BCUT2D eigenvalue weighted by atomic mass is 10.1. The van der Waals surface area contributed by atoms with E-state index >= 15 is 0 Å². The van der Waals surface area contributed by atoms with Crippen molar-refractivity contribution in [2.24, 2.45) is 5.73 Å². The molecule has 0 aliphatic rings. The molecule has 5 heteroatoms. The Kier molecular flexibility index (Phi) is 6.45. The Balaban J connectivity index is 2.96. The van der Waals surface area contributed by atoms with Crippen LogP contribution in [0.25, 0.3) is 0 Å². The predicted octanol–water partition coefficient (Wildman–Crippen LogP) is 1.49. The Bertz CT molecular complexity index is 371. The van der Waals surface area contributed by atoms with E-state index in [0.717, 1.165) is 42.3 Å². The first-order valence-electron chi connectivity index (χ1n) is 6.33. The van der Waals surface area contributed by atoms with Crippen LogP contribution in [-0.4, -0.2) is 46.4 Å². The minimum atomic E-state index is 0.696. The van der Waals surface area contributed by atoms with E-state index in [4.69, 9.17) is 19.9 Å². The van der Waals surface area contributed by atoms with Gasteiger partial charge >= 0.3 is 0 Å². The van der Waals surface area contributed by atoms with E-state index in [0.29, 0.717) is 6.54 Å². The molecule has 1 aromatic carbocycles. The Morgan fingerprint density at radius 1 is 1.05 bits per heavy atom. The summed E-state index contributed by atoms with van der Waals surface area (Å²) in [5, 5.41) is 0. The van der Waals surface area contributed by atoms with Crippen molar-refractivity contribution in [2.45, 2.75) is 13.0 Å². The van der Waals surface area contributed by atoms with E-state index in [-0.39, 0.29) is 0 Å². The van der Waals surface area contributed by atoms with Crippen molar-refractivity contribution in [2.75, 3.05) is 41.5 Å². The van der Waals surface area contributed by atoms with Crippen molar-refractivity contribution in [1.29, 1.82) is 0 Å². The van der Waals surface area contributed by atoms with Crippen LogP contribution in [0.4, 0.5) is 0 Å². The van der Waals surface area contributed by atoms with E-state index in [9.17, 15) is 0 Å². The summed E-state index contributed by atoms with van der Waals surface area (Å²) in [6, 6.07) is 3.74. The molecule has 0 radical (unpaired) electrons. The maximum atomic E-state index is 5.53. The summed E-state index contributed by atoms with van der Waals surface area (Å²) in [4.78, 5) is 2.19. The zero-order valence-corrected chi connectivity index (χ0v) is 12.2. The summed E-state index contributed by atoms with van der Waals surface area (Å²) in [6.45, 7) is 2.38. The van der Waals surface area contributed by atoms with Gasteiger partial charge in [0.2, 0.25) is 0 Å². The number of methoxy groups -OCH3 is 3. The molecule has 0 saturated heterocycles. The lowest BCUT2D eigenvalue weighted by Crippen LogP contribution is -2.22. The highest BCUT2D eigenvalue weighted by molar-refractivity contribution is 5.50. The van der Waals surface area contributed by atoms with Crippen molar-refractivity contribution in [1.82, 2.24) is 4.90 Å². The summed E-state index contributed by atoms with van der Waals surface area (Å²) in [6.07, 6.45) is 0.970. The molecule has 0 unspecified atom stereocenters. The number of ether oxygens (including phenoxy) is 3. The molecule has 0 aromatic heterocycles. The number of hydrogen-bond donors (Lipinski definition) is 1. The normalized spacial score (nSPS) is 10.6. The van der Waals surface area contributed by atoms with Gasteiger partial charge in [0.1, 0.15) is 17.2 Å². The number of nitrogens with two attached hydrogens (primary N) is 1. The summed E-state index contributed by atoms with van der Waals surface area (Å²) in [5.41, 5.74) is 6.55. The number of nitrogens with zero attached hydrogens (tertiary/aromatic N) is 1. The zero-order chi connectivity index (χ0) is 14.3. The van der Waals surface area contributed by atoms with Gasteiger partial charge in [0, 0.05) is 18.7 Å². The van der Waals surface area contributed by atoms with E-state index in [2.05, 4.69) is 11.9 Å². The molecule has 108 valence electrons. The van der Waals surface area contributed by atoms with Gasteiger partial charge in [-0.05, 0) is 26.6 Å². The maximum absolute atomic E-state index is 5.53. The van der Waals surface area contributed by atoms with Gasteiger partial charge in [-0.15, -0.1) is 0 Å². The molecule has 0 amide bonds. The first-order chi connectivity index (χ1) is 9.15. The molecule has 0 saturated carbocycles. The smallest absolute Gasteiger partial charge is 0.130 e. The molecule has 0 aliphatic carbocycles. The van der Waals surface area contributed by atoms with Gasteiger partial charge in [0.25, 0.3) is 0 Å². The van der Waals surface area contributed by atoms with Crippen LogP contribution in [-0.2, 0) is 6.54 Å². The second-order valence-corrected chi connectivity index (χ2v) is 4.39. The van der Waals surface area contributed by atoms with E-state index in [1.807, 2.05) is 12.1 Å². The van der Waals surface area contributed by atoms with Crippen LogP contribution in [0.2, 0.25) is 0 Å². The average molecular weight is 268 g/mol. The van der Waals surface area contributed by atoms with Crippen LogP contribution in [0.3, 0.4) is 0 Å². The monoisotopic (exact) mass is 268 g/mol. The van der Waals surface area contributed by atoms with Crippen LogP contribution in [0, 0.1) is 0 Å². The van der Waals surface area contributed by atoms with Crippen LogP contribution >= 0.6 is 0 Å². The topological polar surface area (TPSA) is 57.0 Å². The third-order valence-electron chi connectivity index (χ3n) is 2.99. The van der Waals surface area contributed by atoms with Crippen molar-refractivity contribution in [3.63, 3.8) is 0 Å². The molecule has 0 atom stereocenters. The van der Waals surface area contributed by atoms with Crippen molar-refractivity contribution >= 4 is 0 Å². The highest BCUT2D eigenvalue weighted by Gasteiger charge is 2.14. The third kappa shape index (κ3) is 4.29. The van der Waals surface area contributed by atoms with E-state index < -0.39 is 0 Å². The maximum Gasteiger partial charge on any atom is 0.130 e. The van der Waals surface area contributed by atoms with Crippen LogP contribution in [0.5, 0.6) is 17.2 Å². The summed E-state index contributed by atoms with van der Waals surface area (Å²) < 4.78 is 16.1. The van der Waals surface area contributed by atoms with Gasteiger partial charge in [-0.1, -0.05) is 0 Å². The Hall–Kier alpha value is -1.46. The quantitative estimate of drug-likeness (QED) is 0.774. The minimum Gasteiger partial charge on any atom is -0.496 e. The molecular formula is C14H24N2O3. The summed E-state index contributed by atoms with van der Waals surface area (Å²) in [7, 11) is 6.98. The average Bonchev–Trinajstić information content (AvgIpc) is 2.44. The SMILES string of the molecule is COc1cc(OC)c(CN(C)CCCN)c(OC)c1. The second kappa shape index (κ2) is 7.86. The second-order valence-electron chi connectivity index (χ2n) is 4.39. The molecular weight excluding hydrogens is 244 g/mol. The zero-order valence-electron chi connectivity index (χ0n) is 12.2. The standard InChI is InChI=1S/C14H24N2O3/c1-16(7-5-6-15)10-12-13(18-3)8-11(17-2)9-14(12)19-4/h8-9H,5-7,10,15H2,1-4H3. The third-order valence-corrected chi connectivity index (χ3v) is 2.99. The van der Waals surface area contributed by atoms with Gasteiger partial charge in [0.05, 0.1) is 26.9 Å². The molecule has 5 nitrogen and oxygen atoms in total. The van der Waals surface area contributed by atoms with Gasteiger partial charge in [0.15, 0.2) is 0 Å². The molecule has 0 fully saturated rings. The molecule has 19 heavy (non-hydrogen) atoms. The number of benzene rings is 1. The van der Waals surface area contributed by atoms with Crippen molar-refractivity contribution in [3.8, 4) is 17.2 Å². The summed E-state index contributed by atoms with van der Waals surface area (Å²) in [5.74, 6) is 2.27. The first kappa shape index (κ1) is 15.6. The fourth-order valence-electron chi connectivity index (χ4n) is 1.94. The Labute approximate surface area is 115 Å². The molecule has 0 bridgehead atoms. The fourth-order valence-corrected chi connectivity index (χ4v) is 1.94.